The first-order valence-corrected chi connectivity index (χ1v) is 7.94. The van der Waals surface area contributed by atoms with E-state index >= 15 is 0 Å². The van der Waals surface area contributed by atoms with Crippen LogP contribution >= 0.6 is 0 Å². The van der Waals surface area contributed by atoms with Gasteiger partial charge in [0, 0.05) is 38.1 Å². The van der Waals surface area contributed by atoms with Gasteiger partial charge in [0.2, 0.25) is 0 Å². The van der Waals surface area contributed by atoms with Crippen molar-refractivity contribution in [2.24, 2.45) is 0 Å². The van der Waals surface area contributed by atoms with E-state index in [1.165, 1.54) is 12.1 Å². The number of carbonyl (C=O) groups excluding carboxylic acids is 1. The number of H-pyrrole nitrogens is 1. The molecule has 2 heterocycles. The Bertz CT molecular complexity index is 680. The van der Waals surface area contributed by atoms with Gasteiger partial charge in [0.1, 0.15) is 5.82 Å². The number of aromatic nitrogens is 2. The molecule has 1 aliphatic heterocycles. The summed E-state index contributed by atoms with van der Waals surface area (Å²) in [7, 11) is 0. The minimum absolute atomic E-state index is 0.143. The molecule has 3 rings (SSSR count). The third-order valence-electron chi connectivity index (χ3n) is 4.11. The van der Waals surface area contributed by atoms with E-state index in [9.17, 15) is 9.18 Å². The van der Waals surface area contributed by atoms with Gasteiger partial charge in [0.25, 0.3) is 0 Å². The third-order valence-corrected chi connectivity index (χ3v) is 4.11. The lowest BCUT2D eigenvalue weighted by Crippen LogP contribution is -2.47. The van der Waals surface area contributed by atoms with Crippen LogP contribution in [0.3, 0.4) is 0 Å². The van der Waals surface area contributed by atoms with Gasteiger partial charge >= 0.3 is 5.97 Å². The summed E-state index contributed by atoms with van der Waals surface area (Å²) in [4.78, 5) is 15.9. The Morgan fingerprint density at radius 2 is 2.13 bits per heavy atom. The smallest absolute Gasteiger partial charge is 0.307 e. The van der Waals surface area contributed by atoms with Crippen LogP contribution in [0.5, 0.6) is 0 Å². The largest absolute Gasteiger partial charge is 0.466 e. The van der Waals surface area contributed by atoms with E-state index in [1.807, 2.05) is 6.92 Å². The van der Waals surface area contributed by atoms with E-state index in [0.29, 0.717) is 18.5 Å². The molecular weight excluding hydrogens is 299 g/mol. The lowest BCUT2D eigenvalue weighted by Gasteiger charge is -2.34. The van der Waals surface area contributed by atoms with Crippen molar-refractivity contribution in [1.82, 2.24) is 15.1 Å². The third kappa shape index (κ3) is 3.61. The van der Waals surface area contributed by atoms with E-state index in [0.717, 1.165) is 43.9 Å². The van der Waals surface area contributed by atoms with E-state index < -0.39 is 0 Å². The van der Waals surface area contributed by atoms with Crippen LogP contribution in [0.15, 0.2) is 18.2 Å². The second-order valence-electron chi connectivity index (χ2n) is 5.62. The van der Waals surface area contributed by atoms with Gasteiger partial charge in [0.15, 0.2) is 5.82 Å². The van der Waals surface area contributed by atoms with Crippen LogP contribution in [0.2, 0.25) is 0 Å². The van der Waals surface area contributed by atoms with Gasteiger partial charge < -0.3 is 9.64 Å². The Kier molecular flexibility index (Phi) is 4.76. The zero-order chi connectivity index (χ0) is 16.2. The molecule has 23 heavy (non-hydrogen) atoms. The second kappa shape index (κ2) is 6.95. The maximum atomic E-state index is 13.2. The number of nitrogens with one attached hydrogen (secondary N) is 1. The highest BCUT2D eigenvalue weighted by Crippen LogP contribution is 2.25. The fraction of sp³-hybridized carbons (Fsp3) is 0.500. The highest BCUT2D eigenvalue weighted by atomic mass is 19.1. The van der Waals surface area contributed by atoms with Crippen molar-refractivity contribution in [2.75, 3.05) is 44.2 Å². The van der Waals surface area contributed by atoms with Gasteiger partial charge in [-0.2, -0.15) is 5.10 Å². The van der Waals surface area contributed by atoms with Gasteiger partial charge in [-0.3, -0.25) is 14.8 Å². The lowest BCUT2D eigenvalue weighted by molar-refractivity contribution is -0.143. The van der Waals surface area contributed by atoms with Crippen molar-refractivity contribution in [3.05, 3.63) is 24.0 Å². The van der Waals surface area contributed by atoms with Crippen LogP contribution in [-0.2, 0) is 9.53 Å². The van der Waals surface area contributed by atoms with E-state index in [4.69, 9.17) is 4.74 Å². The van der Waals surface area contributed by atoms with Crippen LogP contribution in [0.4, 0.5) is 10.2 Å². The van der Waals surface area contributed by atoms with E-state index in [-0.39, 0.29) is 11.8 Å². The van der Waals surface area contributed by atoms with Crippen molar-refractivity contribution >= 4 is 22.7 Å². The molecule has 0 saturated carbocycles. The molecule has 1 fully saturated rings. The maximum absolute atomic E-state index is 13.2. The molecule has 1 saturated heterocycles. The fourth-order valence-corrected chi connectivity index (χ4v) is 2.88. The standard InChI is InChI=1S/C16H21FN4O2/c1-2-23-15(22)5-6-20-7-9-21(10-8-20)16-13-4-3-12(17)11-14(13)18-19-16/h3-4,11H,2,5-10H2,1H3,(H,18,19). The number of hydrogen-bond donors (Lipinski definition) is 1. The minimum Gasteiger partial charge on any atom is -0.466 e. The minimum atomic E-state index is -0.267. The first-order chi connectivity index (χ1) is 11.2. The normalized spacial score (nSPS) is 16.0. The molecule has 0 aliphatic carbocycles. The summed E-state index contributed by atoms with van der Waals surface area (Å²) in [6, 6.07) is 4.68. The number of ether oxygens (including phenoxy) is 1. The number of rotatable bonds is 5. The predicted octanol–water partition coefficient (Wildman–Crippen LogP) is 1.78. The number of aromatic amines is 1. The SMILES string of the molecule is CCOC(=O)CCN1CCN(c2n[nH]c3cc(F)ccc23)CC1. The molecule has 1 aliphatic rings. The molecule has 7 heteroatoms. The van der Waals surface area contributed by atoms with Crippen molar-refractivity contribution in [3.8, 4) is 0 Å². The van der Waals surface area contributed by atoms with Crippen LogP contribution < -0.4 is 4.90 Å². The summed E-state index contributed by atoms with van der Waals surface area (Å²) in [6.45, 7) is 6.37. The topological polar surface area (TPSA) is 61.5 Å². The molecule has 2 aromatic rings. The Morgan fingerprint density at radius 1 is 1.35 bits per heavy atom. The molecule has 0 atom stereocenters. The zero-order valence-electron chi connectivity index (χ0n) is 13.2. The van der Waals surface area contributed by atoms with Crippen molar-refractivity contribution in [2.45, 2.75) is 13.3 Å². The average molecular weight is 320 g/mol. The number of nitrogens with zero attached hydrogens (tertiary/aromatic N) is 3. The van der Waals surface area contributed by atoms with Crippen molar-refractivity contribution in [1.29, 1.82) is 0 Å². The molecule has 1 aromatic heterocycles. The number of carbonyl (C=O) groups is 1. The Morgan fingerprint density at radius 3 is 2.87 bits per heavy atom. The van der Waals surface area contributed by atoms with Gasteiger partial charge in [-0.15, -0.1) is 0 Å². The van der Waals surface area contributed by atoms with E-state index in [2.05, 4.69) is 20.0 Å². The molecule has 0 bridgehead atoms. The molecule has 1 aromatic carbocycles. The van der Waals surface area contributed by atoms with Crippen LogP contribution in [-0.4, -0.2) is 60.4 Å². The Hall–Kier alpha value is -2.15. The van der Waals surface area contributed by atoms with Crippen LogP contribution in [0, 0.1) is 5.82 Å². The van der Waals surface area contributed by atoms with Gasteiger partial charge in [-0.1, -0.05) is 0 Å². The molecule has 1 N–H and O–H groups in total. The summed E-state index contributed by atoms with van der Waals surface area (Å²) in [5.74, 6) is 0.455. The number of halogens is 1. The molecule has 0 spiro atoms. The lowest BCUT2D eigenvalue weighted by atomic mass is 10.2. The first kappa shape index (κ1) is 15.7. The molecular formula is C16H21FN4O2. The monoisotopic (exact) mass is 320 g/mol. The summed E-state index contributed by atoms with van der Waals surface area (Å²) < 4.78 is 18.2. The average Bonchev–Trinajstić information content (AvgIpc) is 2.96. The molecule has 6 nitrogen and oxygen atoms in total. The summed E-state index contributed by atoms with van der Waals surface area (Å²) in [6.07, 6.45) is 0.429. The molecule has 0 amide bonds. The summed E-state index contributed by atoms with van der Waals surface area (Å²) in [5, 5.41) is 8.15. The molecule has 124 valence electrons. The van der Waals surface area contributed by atoms with Crippen molar-refractivity contribution in [3.63, 3.8) is 0 Å². The maximum Gasteiger partial charge on any atom is 0.307 e. The number of anilines is 1. The fourth-order valence-electron chi connectivity index (χ4n) is 2.88. The number of benzene rings is 1. The number of piperazine rings is 1. The summed E-state index contributed by atoms with van der Waals surface area (Å²) >= 11 is 0. The first-order valence-electron chi connectivity index (χ1n) is 7.94. The van der Waals surface area contributed by atoms with Gasteiger partial charge in [-0.25, -0.2) is 4.39 Å². The number of hydrogen-bond acceptors (Lipinski definition) is 5. The quantitative estimate of drug-likeness (QED) is 0.851. The van der Waals surface area contributed by atoms with Gasteiger partial charge in [-0.05, 0) is 25.1 Å². The summed E-state index contributed by atoms with van der Waals surface area (Å²) in [5.41, 5.74) is 0.713. The highest BCUT2D eigenvalue weighted by molar-refractivity contribution is 5.90. The second-order valence-corrected chi connectivity index (χ2v) is 5.62. The molecule has 0 radical (unpaired) electrons. The highest BCUT2D eigenvalue weighted by Gasteiger charge is 2.21. The Balaban J connectivity index is 1.57. The number of esters is 1. The van der Waals surface area contributed by atoms with E-state index in [1.54, 1.807) is 6.07 Å². The van der Waals surface area contributed by atoms with Crippen LogP contribution in [0.25, 0.3) is 10.9 Å². The zero-order valence-corrected chi connectivity index (χ0v) is 13.2. The predicted molar refractivity (Wildman–Crippen MR) is 86.0 cm³/mol. The van der Waals surface area contributed by atoms with Crippen molar-refractivity contribution < 1.29 is 13.9 Å². The number of fused-ring (bicyclic) bond motifs is 1. The van der Waals surface area contributed by atoms with Gasteiger partial charge in [0.05, 0.1) is 18.5 Å². The Labute approximate surface area is 134 Å². The molecule has 0 unspecified atom stereocenters. The van der Waals surface area contributed by atoms with Crippen LogP contribution in [0.1, 0.15) is 13.3 Å².